The molecule has 2 saturated heterocycles. The molecule has 1 aromatic rings. The van der Waals surface area contributed by atoms with Crippen molar-refractivity contribution in [1.82, 2.24) is 0 Å². The number of ether oxygens (including phenoxy) is 3. The van der Waals surface area contributed by atoms with Crippen LogP contribution in [0.1, 0.15) is 58.9 Å². The summed E-state index contributed by atoms with van der Waals surface area (Å²) in [6.07, 6.45) is 6.37. The fourth-order valence-corrected chi connectivity index (χ4v) is 8.93. The Morgan fingerprint density at radius 2 is 1.91 bits per heavy atom. The van der Waals surface area contributed by atoms with Gasteiger partial charge in [-0.1, -0.05) is 25.5 Å². The summed E-state index contributed by atoms with van der Waals surface area (Å²) in [5.41, 5.74) is 0.0708. The first-order chi connectivity index (χ1) is 16.4. The lowest BCUT2D eigenvalue weighted by atomic mass is 9.41. The molecule has 2 unspecified atom stereocenters. The molecule has 5 aliphatic rings. The van der Waals surface area contributed by atoms with Crippen LogP contribution in [-0.2, 0) is 28.6 Å². The van der Waals surface area contributed by atoms with E-state index in [4.69, 9.17) is 18.6 Å². The van der Waals surface area contributed by atoms with Crippen molar-refractivity contribution in [2.75, 3.05) is 7.11 Å². The summed E-state index contributed by atoms with van der Waals surface area (Å²) < 4.78 is 23.5. The highest BCUT2D eigenvalue weighted by molar-refractivity contribution is 6.00. The van der Waals surface area contributed by atoms with Crippen molar-refractivity contribution in [2.45, 2.75) is 71.2 Å². The van der Waals surface area contributed by atoms with E-state index in [0.29, 0.717) is 0 Å². The van der Waals surface area contributed by atoms with Gasteiger partial charge < -0.3 is 18.6 Å². The number of esters is 2. The average Bonchev–Trinajstić information content (AvgIpc) is 3.53. The molecule has 1 saturated carbocycles. The molecule has 6 rings (SSSR count). The number of fused-ring (bicyclic) bond motifs is 4. The first kappa shape index (κ1) is 22.8. The maximum atomic E-state index is 13.8. The molecule has 35 heavy (non-hydrogen) atoms. The Morgan fingerprint density at radius 3 is 2.57 bits per heavy atom. The molecule has 9 atom stereocenters. The fraction of sp³-hybridized carbons (Fsp3) is 0.607. The van der Waals surface area contributed by atoms with Crippen LogP contribution in [0.5, 0.6) is 0 Å². The zero-order valence-corrected chi connectivity index (χ0v) is 21.0. The van der Waals surface area contributed by atoms with Crippen molar-refractivity contribution in [3.63, 3.8) is 0 Å². The zero-order chi connectivity index (χ0) is 25.1. The number of carbonyl (C=O) groups excluding carboxylic acids is 3. The van der Waals surface area contributed by atoms with Gasteiger partial charge in [0.1, 0.15) is 12.2 Å². The highest BCUT2D eigenvalue weighted by Crippen LogP contribution is 2.73. The SMILES string of the molecule is COC(=O)C[C@H]1[C@]2(C)C3=C(C)[C@H](c4ccoc4)CC3(C)O[C@@H]2[C@@H]2OC(=O)[C@]3(C)C=CC(=O)[C@@]1(C)C23. The van der Waals surface area contributed by atoms with Crippen LogP contribution < -0.4 is 0 Å². The molecule has 2 aliphatic heterocycles. The Labute approximate surface area is 204 Å². The molecule has 3 fully saturated rings. The van der Waals surface area contributed by atoms with Gasteiger partial charge in [-0.15, -0.1) is 0 Å². The molecule has 1 aromatic heterocycles. The van der Waals surface area contributed by atoms with Gasteiger partial charge in [0.25, 0.3) is 0 Å². The van der Waals surface area contributed by atoms with Crippen LogP contribution in [0.25, 0.3) is 0 Å². The highest BCUT2D eigenvalue weighted by atomic mass is 16.6. The standard InChI is InChI=1S/C28H32O7/c1-14-16(15-8-10-33-13-15)12-26(3)21(14)28(5)17(11-19(30)32-6)27(4)18(29)7-9-25(2)22(27)20(23(28)35-26)34-24(25)31/h7-10,13,16-17,20,22-23H,11-12H2,1-6H3/t16-,17-,20-,22?,23-,25-,26?,27+,28-/m1/s1. The Hall–Kier alpha value is -2.67. The third-order valence-electron chi connectivity index (χ3n) is 10.3. The monoisotopic (exact) mass is 480 g/mol. The van der Waals surface area contributed by atoms with Crippen molar-refractivity contribution in [1.29, 1.82) is 0 Å². The van der Waals surface area contributed by atoms with E-state index in [-0.39, 0.29) is 30.1 Å². The van der Waals surface area contributed by atoms with E-state index in [1.165, 1.54) is 18.8 Å². The molecule has 0 amide bonds. The Balaban J connectivity index is 1.61. The van der Waals surface area contributed by atoms with E-state index in [1.807, 2.05) is 19.9 Å². The van der Waals surface area contributed by atoms with Gasteiger partial charge in [0.15, 0.2) is 5.78 Å². The molecule has 3 aliphatic carbocycles. The van der Waals surface area contributed by atoms with Gasteiger partial charge in [0.2, 0.25) is 0 Å². The van der Waals surface area contributed by atoms with E-state index < -0.39 is 45.9 Å². The van der Waals surface area contributed by atoms with Crippen LogP contribution in [0.4, 0.5) is 0 Å². The van der Waals surface area contributed by atoms with Crippen molar-refractivity contribution >= 4 is 17.7 Å². The first-order valence-corrected chi connectivity index (χ1v) is 12.4. The summed E-state index contributed by atoms with van der Waals surface area (Å²) in [5, 5.41) is 0. The second kappa shape index (κ2) is 6.75. The molecule has 0 bridgehead atoms. The predicted octanol–water partition coefficient (Wildman–Crippen LogP) is 4.13. The van der Waals surface area contributed by atoms with E-state index in [1.54, 1.807) is 18.6 Å². The topological polar surface area (TPSA) is 92.0 Å². The van der Waals surface area contributed by atoms with Crippen molar-refractivity contribution in [2.24, 2.45) is 28.1 Å². The summed E-state index contributed by atoms with van der Waals surface area (Å²) in [4.78, 5) is 39.8. The number of carbonyl (C=O) groups is 3. The quantitative estimate of drug-likeness (QED) is 0.474. The van der Waals surface area contributed by atoms with Gasteiger partial charge in [0, 0.05) is 22.7 Å². The molecule has 7 heteroatoms. The van der Waals surface area contributed by atoms with Crippen LogP contribution in [0.2, 0.25) is 0 Å². The number of rotatable bonds is 3. The Bertz CT molecular complexity index is 1210. The lowest BCUT2D eigenvalue weighted by molar-refractivity contribution is -0.196. The molecular formula is C28H32O7. The van der Waals surface area contributed by atoms with Gasteiger partial charge in [-0.3, -0.25) is 14.4 Å². The van der Waals surface area contributed by atoms with Crippen LogP contribution in [0.15, 0.2) is 46.3 Å². The van der Waals surface area contributed by atoms with Crippen LogP contribution in [-0.4, -0.2) is 42.6 Å². The maximum Gasteiger partial charge on any atom is 0.316 e. The van der Waals surface area contributed by atoms with Crippen molar-refractivity contribution in [3.8, 4) is 0 Å². The summed E-state index contributed by atoms with van der Waals surface area (Å²) in [6.45, 7) is 10.1. The molecule has 0 spiro atoms. The third kappa shape index (κ3) is 2.48. The molecular weight excluding hydrogens is 448 g/mol. The largest absolute Gasteiger partial charge is 0.472 e. The lowest BCUT2D eigenvalue weighted by Gasteiger charge is -2.59. The van der Waals surface area contributed by atoms with E-state index in [2.05, 4.69) is 20.8 Å². The molecule has 186 valence electrons. The van der Waals surface area contributed by atoms with E-state index in [9.17, 15) is 14.4 Å². The van der Waals surface area contributed by atoms with Crippen molar-refractivity contribution in [3.05, 3.63) is 47.5 Å². The third-order valence-corrected chi connectivity index (χ3v) is 10.3. The maximum absolute atomic E-state index is 13.8. The van der Waals surface area contributed by atoms with E-state index in [0.717, 1.165) is 17.6 Å². The minimum Gasteiger partial charge on any atom is -0.472 e. The molecule has 3 heterocycles. The number of allylic oxidation sites excluding steroid dienone is 2. The van der Waals surface area contributed by atoms with E-state index >= 15 is 0 Å². The lowest BCUT2D eigenvalue weighted by Crippen LogP contribution is -2.66. The van der Waals surface area contributed by atoms with Crippen LogP contribution in [0, 0.1) is 28.1 Å². The van der Waals surface area contributed by atoms with Crippen LogP contribution >= 0.6 is 0 Å². The summed E-state index contributed by atoms with van der Waals surface area (Å²) in [5.74, 6) is -1.55. The smallest absolute Gasteiger partial charge is 0.316 e. The van der Waals surface area contributed by atoms with Gasteiger partial charge in [-0.2, -0.15) is 0 Å². The summed E-state index contributed by atoms with van der Waals surface area (Å²) in [7, 11) is 1.37. The highest BCUT2D eigenvalue weighted by Gasteiger charge is 2.79. The Kier molecular flexibility index (Phi) is 4.39. The predicted molar refractivity (Wildman–Crippen MR) is 124 cm³/mol. The summed E-state index contributed by atoms with van der Waals surface area (Å²) in [6, 6.07) is 1.97. The van der Waals surface area contributed by atoms with Gasteiger partial charge >= 0.3 is 11.9 Å². The normalized spacial score (nSPS) is 47.4. The fourth-order valence-electron chi connectivity index (χ4n) is 8.93. The average molecular weight is 481 g/mol. The second-order valence-electron chi connectivity index (χ2n) is 11.9. The number of methoxy groups -OCH3 is 1. The number of hydrogen-bond donors (Lipinski definition) is 0. The van der Waals surface area contributed by atoms with Crippen molar-refractivity contribution < 1.29 is 33.0 Å². The van der Waals surface area contributed by atoms with Gasteiger partial charge in [-0.25, -0.2) is 0 Å². The number of hydrogen-bond acceptors (Lipinski definition) is 7. The van der Waals surface area contributed by atoms with Crippen LogP contribution in [0.3, 0.4) is 0 Å². The second-order valence-corrected chi connectivity index (χ2v) is 11.9. The Morgan fingerprint density at radius 1 is 1.17 bits per heavy atom. The zero-order valence-electron chi connectivity index (χ0n) is 21.0. The molecule has 0 aromatic carbocycles. The first-order valence-electron chi connectivity index (χ1n) is 12.4. The molecule has 7 nitrogen and oxygen atoms in total. The molecule has 0 N–H and O–H groups in total. The minimum atomic E-state index is -1.00. The minimum absolute atomic E-state index is 0.0552. The van der Waals surface area contributed by atoms with Gasteiger partial charge in [-0.05, 0) is 56.4 Å². The van der Waals surface area contributed by atoms with Gasteiger partial charge in [0.05, 0.1) is 37.1 Å². The number of furan rings is 1. The number of ketones is 1. The summed E-state index contributed by atoms with van der Waals surface area (Å²) >= 11 is 0. The molecule has 0 radical (unpaired) electrons.